The van der Waals surface area contributed by atoms with Crippen molar-refractivity contribution in [1.82, 2.24) is 0 Å². The summed E-state index contributed by atoms with van der Waals surface area (Å²) in [6.07, 6.45) is 5.94. The summed E-state index contributed by atoms with van der Waals surface area (Å²) >= 11 is 0. The molecule has 20 heavy (non-hydrogen) atoms. The monoisotopic (exact) mass is 275 g/mol. The van der Waals surface area contributed by atoms with Gasteiger partial charge in [-0.25, -0.2) is 4.79 Å². The van der Waals surface area contributed by atoms with Crippen LogP contribution in [0.3, 0.4) is 0 Å². The predicted molar refractivity (Wildman–Crippen MR) is 84.3 cm³/mol. The lowest BCUT2D eigenvalue weighted by Crippen LogP contribution is -2.25. The standard InChI is InChI=1S/C17H25NO2/c1-4-7-13-18(14-8-5-2)15-9-11-16(12-10-15)20-17(19)6-3/h6,9-12H,3-5,7-8,13-14H2,1-2H3. The molecule has 0 aliphatic rings. The molecule has 0 N–H and O–H groups in total. The number of carbonyl (C=O) groups is 1. The quantitative estimate of drug-likeness (QED) is 0.384. The van der Waals surface area contributed by atoms with E-state index in [2.05, 4.69) is 25.3 Å². The molecule has 1 rings (SSSR count). The molecular formula is C17H25NO2. The molecule has 0 unspecified atom stereocenters. The summed E-state index contributed by atoms with van der Waals surface area (Å²) in [5.41, 5.74) is 1.19. The summed E-state index contributed by atoms with van der Waals surface area (Å²) in [5.74, 6) is 0.135. The first-order valence-electron chi connectivity index (χ1n) is 7.40. The van der Waals surface area contributed by atoms with Crippen molar-refractivity contribution in [1.29, 1.82) is 0 Å². The number of anilines is 1. The normalized spacial score (nSPS) is 10.1. The molecule has 0 heterocycles. The molecule has 0 amide bonds. The molecule has 3 heteroatoms. The molecule has 3 nitrogen and oxygen atoms in total. The van der Waals surface area contributed by atoms with Gasteiger partial charge in [0.05, 0.1) is 0 Å². The Morgan fingerprint density at radius 2 is 1.70 bits per heavy atom. The van der Waals surface area contributed by atoms with Gasteiger partial charge in [0.2, 0.25) is 0 Å². The van der Waals surface area contributed by atoms with Gasteiger partial charge in [0.15, 0.2) is 0 Å². The van der Waals surface area contributed by atoms with Crippen LogP contribution in [-0.2, 0) is 4.79 Å². The number of carbonyl (C=O) groups excluding carboxylic acids is 1. The average molecular weight is 275 g/mol. The number of ether oxygens (including phenoxy) is 1. The Morgan fingerprint density at radius 1 is 1.15 bits per heavy atom. The van der Waals surface area contributed by atoms with E-state index in [4.69, 9.17) is 4.74 Å². The van der Waals surface area contributed by atoms with Crippen molar-refractivity contribution < 1.29 is 9.53 Å². The fraction of sp³-hybridized carbons (Fsp3) is 0.471. The highest BCUT2D eigenvalue weighted by Gasteiger charge is 2.06. The Hall–Kier alpha value is -1.77. The summed E-state index contributed by atoms with van der Waals surface area (Å²) in [6, 6.07) is 7.69. The third-order valence-electron chi connectivity index (χ3n) is 3.15. The number of hydrogen-bond donors (Lipinski definition) is 0. The number of benzene rings is 1. The van der Waals surface area contributed by atoms with Crippen LogP contribution in [0.5, 0.6) is 5.75 Å². The van der Waals surface area contributed by atoms with Crippen LogP contribution >= 0.6 is 0 Å². The zero-order valence-corrected chi connectivity index (χ0v) is 12.6. The van der Waals surface area contributed by atoms with Crippen LogP contribution in [0.1, 0.15) is 39.5 Å². The van der Waals surface area contributed by atoms with Crippen LogP contribution < -0.4 is 9.64 Å². The minimum atomic E-state index is -0.424. The first kappa shape index (κ1) is 16.3. The molecule has 0 saturated carbocycles. The van der Waals surface area contributed by atoms with Gasteiger partial charge in [0.1, 0.15) is 5.75 Å². The van der Waals surface area contributed by atoms with Crippen LogP contribution in [0.25, 0.3) is 0 Å². The highest BCUT2D eigenvalue weighted by atomic mass is 16.5. The zero-order chi connectivity index (χ0) is 14.8. The van der Waals surface area contributed by atoms with Crippen molar-refractivity contribution in [2.75, 3.05) is 18.0 Å². The van der Waals surface area contributed by atoms with Gasteiger partial charge in [-0.3, -0.25) is 0 Å². The largest absolute Gasteiger partial charge is 0.423 e. The highest BCUT2D eigenvalue weighted by molar-refractivity contribution is 5.83. The van der Waals surface area contributed by atoms with Gasteiger partial charge < -0.3 is 9.64 Å². The maximum Gasteiger partial charge on any atom is 0.335 e. The Morgan fingerprint density at radius 3 is 2.15 bits per heavy atom. The van der Waals surface area contributed by atoms with Gasteiger partial charge >= 0.3 is 5.97 Å². The molecule has 0 radical (unpaired) electrons. The number of nitrogens with zero attached hydrogens (tertiary/aromatic N) is 1. The fourth-order valence-corrected chi connectivity index (χ4v) is 1.95. The molecule has 0 aliphatic heterocycles. The van der Waals surface area contributed by atoms with Gasteiger partial charge in [0.25, 0.3) is 0 Å². The Bertz CT molecular complexity index is 404. The Kier molecular flexibility index (Phi) is 7.48. The van der Waals surface area contributed by atoms with E-state index in [1.807, 2.05) is 24.3 Å². The lowest BCUT2D eigenvalue weighted by Gasteiger charge is -2.24. The molecule has 0 aliphatic carbocycles. The molecule has 0 atom stereocenters. The minimum Gasteiger partial charge on any atom is -0.423 e. The number of esters is 1. The highest BCUT2D eigenvalue weighted by Crippen LogP contribution is 2.20. The van der Waals surface area contributed by atoms with Crippen molar-refractivity contribution in [3.63, 3.8) is 0 Å². The summed E-state index contributed by atoms with van der Waals surface area (Å²) < 4.78 is 5.09. The number of rotatable bonds is 9. The van der Waals surface area contributed by atoms with Crippen molar-refractivity contribution >= 4 is 11.7 Å². The van der Waals surface area contributed by atoms with Crippen LogP contribution in [0, 0.1) is 0 Å². The third-order valence-corrected chi connectivity index (χ3v) is 3.15. The molecule has 0 saturated heterocycles. The van der Waals surface area contributed by atoms with Crippen molar-refractivity contribution in [2.45, 2.75) is 39.5 Å². The zero-order valence-electron chi connectivity index (χ0n) is 12.6. The van der Waals surface area contributed by atoms with Gasteiger partial charge in [-0.05, 0) is 37.1 Å². The lowest BCUT2D eigenvalue weighted by molar-refractivity contribution is -0.128. The second-order valence-electron chi connectivity index (χ2n) is 4.81. The van der Waals surface area contributed by atoms with Gasteiger partial charge in [-0.2, -0.15) is 0 Å². The summed E-state index contributed by atoms with van der Waals surface area (Å²) in [5, 5.41) is 0. The van der Waals surface area contributed by atoms with Crippen LogP contribution in [-0.4, -0.2) is 19.1 Å². The summed E-state index contributed by atoms with van der Waals surface area (Å²) in [6.45, 7) is 9.94. The second-order valence-corrected chi connectivity index (χ2v) is 4.81. The van der Waals surface area contributed by atoms with E-state index in [-0.39, 0.29) is 0 Å². The van der Waals surface area contributed by atoms with E-state index in [0.717, 1.165) is 13.1 Å². The molecule has 1 aromatic rings. The van der Waals surface area contributed by atoms with E-state index in [1.165, 1.54) is 37.4 Å². The van der Waals surface area contributed by atoms with Crippen molar-refractivity contribution in [3.05, 3.63) is 36.9 Å². The predicted octanol–water partition coefficient (Wildman–Crippen LogP) is 4.18. The topological polar surface area (TPSA) is 29.5 Å². The van der Waals surface area contributed by atoms with E-state index in [9.17, 15) is 4.79 Å². The van der Waals surface area contributed by atoms with Gasteiger partial charge in [-0.15, -0.1) is 0 Å². The van der Waals surface area contributed by atoms with Crippen LogP contribution in [0.15, 0.2) is 36.9 Å². The van der Waals surface area contributed by atoms with E-state index in [0.29, 0.717) is 5.75 Å². The number of unbranched alkanes of at least 4 members (excludes halogenated alkanes) is 2. The molecule has 0 fully saturated rings. The first-order valence-corrected chi connectivity index (χ1v) is 7.40. The van der Waals surface area contributed by atoms with E-state index >= 15 is 0 Å². The SMILES string of the molecule is C=CC(=O)Oc1ccc(N(CCCC)CCCC)cc1. The van der Waals surface area contributed by atoms with E-state index < -0.39 is 5.97 Å². The van der Waals surface area contributed by atoms with Crippen molar-refractivity contribution in [3.8, 4) is 5.75 Å². The van der Waals surface area contributed by atoms with Crippen LogP contribution in [0.2, 0.25) is 0 Å². The Balaban J connectivity index is 2.70. The number of hydrogen-bond acceptors (Lipinski definition) is 3. The molecule has 1 aromatic carbocycles. The molecular weight excluding hydrogens is 250 g/mol. The van der Waals surface area contributed by atoms with Crippen LogP contribution in [0.4, 0.5) is 5.69 Å². The lowest BCUT2D eigenvalue weighted by atomic mass is 10.2. The third kappa shape index (κ3) is 5.47. The molecule has 0 bridgehead atoms. The average Bonchev–Trinajstić information content (AvgIpc) is 2.48. The van der Waals surface area contributed by atoms with Crippen molar-refractivity contribution in [2.24, 2.45) is 0 Å². The maximum absolute atomic E-state index is 11.1. The first-order chi connectivity index (χ1) is 9.71. The van der Waals surface area contributed by atoms with E-state index in [1.54, 1.807) is 0 Å². The smallest absolute Gasteiger partial charge is 0.335 e. The molecule has 110 valence electrons. The van der Waals surface area contributed by atoms with Gasteiger partial charge in [-0.1, -0.05) is 33.3 Å². The molecule has 0 aromatic heterocycles. The molecule has 0 spiro atoms. The summed E-state index contributed by atoms with van der Waals surface area (Å²) in [7, 11) is 0. The summed E-state index contributed by atoms with van der Waals surface area (Å²) in [4.78, 5) is 13.5. The van der Waals surface area contributed by atoms with Gasteiger partial charge in [0, 0.05) is 24.9 Å². The fourth-order valence-electron chi connectivity index (χ4n) is 1.95. The minimum absolute atomic E-state index is 0.424. The Labute approximate surface area is 122 Å². The maximum atomic E-state index is 11.1. The second kappa shape index (κ2) is 9.18.